The summed E-state index contributed by atoms with van der Waals surface area (Å²) in [6.07, 6.45) is 5.99. The summed E-state index contributed by atoms with van der Waals surface area (Å²) in [7, 11) is 1.73. The minimum atomic E-state index is -0.148. The molecule has 0 bridgehead atoms. The van der Waals surface area contributed by atoms with Crippen LogP contribution < -0.4 is 5.32 Å². The quantitative estimate of drug-likeness (QED) is 0.796. The van der Waals surface area contributed by atoms with Crippen molar-refractivity contribution >= 4 is 11.3 Å². The average Bonchev–Trinajstić information content (AvgIpc) is 2.90. The lowest BCUT2D eigenvalue weighted by atomic mass is 9.85. The second-order valence-electron chi connectivity index (χ2n) is 5.59. The molecule has 5 heteroatoms. The maximum atomic E-state index is 6.19. The molecule has 1 heterocycles. The molecule has 21 heavy (non-hydrogen) atoms. The third-order valence-corrected chi connectivity index (χ3v) is 5.35. The van der Waals surface area contributed by atoms with Crippen molar-refractivity contribution in [3.63, 3.8) is 0 Å². The zero-order valence-corrected chi connectivity index (χ0v) is 14.4. The van der Waals surface area contributed by atoms with Gasteiger partial charge in [-0.15, -0.1) is 11.3 Å². The standard InChI is InChI=1S/C16H28N2O2S/c1-4-17-11-14-13(12-19-3)18-15(21-14)16(20-5-2)9-7-6-8-10-16/h17H,4-12H2,1-3H3. The van der Waals surface area contributed by atoms with Crippen molar-refractivity contribution in [1.82, 2.24) is 10.3 Å². The first kappa shape index (κ1) is 16.9. The minimum Gasteiger partial charge on any atom is -0.378 e. The van der Waals surface area contributed by atoms with Crippen LogP contribution in [0.1, 0.15) is 61.5 Å². The summed E-state index contributed by atoms with van der Waals surface area (Å²) in [6, 6.07) is 0. The number of hydrogen-bond donors (Lipinski definition) is 1. The van der Waals surface area contributed by atoms with Crippen LogP contribution in [0, 0.1) is 0 Å². The highest BCUT2D eigenvalue weighted by Crippen LogP contribution is 2.43. The predicted octanol–water partition coefficient (Wildman–Crippen LogP) is 3.59. The van der Waals surface area contributed by atoms with Crippen molar-refractivity contribution in [2.75, 3.05) is 20.3 Å². The maximum absolute atomic E-state index is 6.19. The third-order valence-electron chi connectivity index (χ3n) is 4.07. The van der Waals surface area contributed by atoms with E-state index < -0.39 is 0 Å². The van der Waals surface area contributed by atoms with Crippen LogP contribution >= 0.6 is 11.3 Å². The fourth-order valence-corrected chi connectivity index (χ4v) is 4.26. The van der Waals surface area contributed by atoms with E-state index in [4.69, 9.17) is 14.5 Å². The Bertz CT molecular complexity index is 422. The van der Waals surface area contributed by atoms with Crippen molar-refractivity contribution < 1.29 is 9.47 Å². The number of ether oxygens (including phenoxy) is 2. The normalized spacial score (nSPS) is 18.0. The summed E-state index contributed by atoms with van der Waals surface area (Å²) in [5, 5.41) is 4.55. The van der Waals surface area contributed by atoms with Gasteiger partial charge < -0.3 is 14.8 Å². The number of rotatable bonds is 8. The molecule has 120 valence electrons. The zero-order valence-electron chi connectivity index (χ0n) is 13.5. The molecule has 1 fully saturated rings. The van der Waals surface area contributed by atoms with E-state index in [-0.39, 0.29) is 5.60 Å². The topological polar surface area (TPSA) is 43.4 Å². The summed E-state index contributed by atoms with van der Waals surface area (Å²) < 4.78 is 11.5. The predicted molar refractivity (Wildman–Crippen MR) is 86.6 cm³/mol. The average molecular weight is 312 g/mol. The van der Waals surface area contributed by atoms with Gasteiger partial charge in [0.2, 0.25) is 0 Å². The van der Waals surface area contributed by atoms with E-state index in [1.165, 1.54) is 24.1 Å². The fraction of sp³-hybridized carbons (Fsp3) is 0.812. The molecule has 0 radical (unpaired) electrons. The van der Waals surface area contributed by atoms with Gasteiger partial charge in [-0.2, -0.15) is 0 Å². The van der Waals surface area contributed by atoms with Gasteiger partial charge in [-0.1, -0.05) is 26.2 Å². The lowest BCUT2D eigenvalue weighted by molar-refractivity contribution is -0.0706. The molecule has 4 nitrogen and oxygen atoms in total. The lowest BCUT2D eigenvalue weighted by Gasteiger charge is -2.35. The fourth-order valence-electron chi connectivity index (χ4n) is 3.02. The van der Waals surface area contributed by atoms with Crippen LogP contribution in [-0.2, 0) is 28.2 Å². The molecule has 0 spiro atoms. The summed E-state index contributed by atoms with van der Waals surface area (Å²) in [6.45, 7) is 7.38. The Morgan fingerprint density at radius 2 is 2.00 bits per heavy atom. The summed E-state index contributed by atoms with van der Waals surface area (Å²) in [5.41, 5.74) is 0.924. The Labute approximate surface area is 132 Å². The lowest BCUT2D eigenvalue weighted by Crippen LogP contribution is -2.32. The van der Waals surface area contributed by atoms with E-state index in [2.05, 4.69) is 19.2 Å². The zero-order chi connectivity index (χ0) is 15.1. The molecule has 1 aliphatic carbocycles. The van der Waals surface area contributed by atoms with Gasteiger partial charge >= 0.3 is 0 Å². The number of thiazole rings is 1. The molecule has 1 aromatic rings. The molecule has 0 saturated heterocycles. The second kappa shape index (κ2) is 8.22. The second-order valence-corrected chi connectivity index (χ2v) is 6.67. The largest absolute Gasteiger partial charge is 0.378 e. The van der Waals surface area contributed by atoms with Crippen LogP contribution in [0.4, 0.5) is 0 Å². The Morgan fingerprint density at radius 3 is 2.62 bits per heavy atom. The number of hydrogen-bond acceptors (Lipinski definition) is 5. The first-order valence-corrected chi connectivity index (χ1v) is 8.90. The van der Waals surface area contributed by atoms with E-state index in [0.29, 0.717) is 6.61 Å². The molecule has 0 unspecified atom stereocenters. The van der Waals surface area contributed by atoms with Gasteiger partial charge in [0.15, 0.2) is 0 Å². The SMILES string of the molecule is CCNCc1sc(C2(OCC)CCCCC2)nc1COC. The van der Waals surface area contributed by atoms with Crippen LogP contribution in [0.15, 0.2) is 0 Å². The number of aromatic nitrogens is 1. The molecule has 0 atom stereocenters. The first-order chi connectivity index (χ1) is 10.3. The maximum Gasteiger partial charge on any atom is 0.125 e. The molecule has 2 rings (SSSR count). The van der Waals surface area contributed by atoms with Crippen LogP contribution in [0.5, 0.6) is 0 Å². The van der Waals surface area contributed by atoms with Gasteiger partial charge in [0, 0.05) is 25.1 Å². The highest BCUT2D eigenvalue weighted by Gasteiger charge is 2.38. The monoisotopic (exact) mass is 312 g/mol. The van der Waals surface area contributed by atoms with Crippen molar-refractivity contribution in [1.29, 1.82) is 0 Å². The molecule has 0 aromatic carbocycles. The molecule has 1 saturated carbocycles. The van der Waals surface area contributed by atoms with Gasteiger partial charge in [0.05, 0.1) is 12.3 Å². The molecule has 0 aliphatic heterocycles. The van der Waals surface area contributed by atoms with Crippen molar-refractivity contribution in [2.24, 2.45) is 0 Å². The van der Waals surface area contributed by atoms with Crippen LogP contribution in [0.2, 0.25) is 0 Å². The van der Waals surface area contributed by atoms with Gasteiger partial charge in [-0.3, -0.25) is 0 Å². The Morgan fingerprint density at radius 1 is 1.24 bits per heavy atom. The molecule has 1 aliphatic rings. The van der Waals surface area contributed by atoms with Gasteiger partial charge in [-0.25, -0.2) is 4.98 Å². The van der Waals surface area contributed by atoms with E-state index in [0.717, 1.165) is 43.2 Å². The Balaban J connectivity index is 2.26. The molecule has 1 aromatic heterocycles. The van der Waals surface area contributed by atoms with E-state index >= 15 is 0 Å². The van der Waals surface area contributed by atoms with Gasteiger partial charge in [0.25, 0.3) is 0 Å². The van der Waals surface area contributed by atoms with Crippen molar-refractivity contribution in [3.05, 3.63) is 15.6 Å². The molecular weight excluding hydrogens is 284 g/mol. The summed E-state index contributed by atoms with van der Waals surface area (Å²) in [5.74, 6) is 0. The van der Waals surface area contributed by atoms with Crippen LogP contribution in [0.3, 0.4) is 0 Å². The molecule has 0 amide bonds. The molecular formula is C16H28N2O2S. The first-order valence-electron chi connectivity index (χ1n) is 8.08. The highest BCUT2D eigenvalue weighted by atomic mass is 32.1. The van der Waals surface area contributed by atoms with E-state index in [9.17, 15) is 0 Å². The van der Waals surface area contributed by atoms with Crippen LogP contribution in [-0.4, -0.2) is 25.2 Å². The van der Waals surface area contributed by atoms with E-state index in [1.807, 2.05) is 0 Å². The number of nitrogens with zero attached hydrogens (tertiary/aromatic N) is 1. The van der Waals surface area contributed by atoms with Gasteiger partial charge in [-0.05, 0) is 26.3 Å². The Hall–Kier alpha value is -0.490. The third kappa shape index (κ3) is 4.03. The van der Waals surface area contributed by atoms with Crippen molar-refractivity contribution in [3.8, 4) is 0 Å². The Kier molecular flexibility index (Phi) is 6.61. The number of methoxy groups -OCH3 is 1. The minimum absolute atomic E-state index is 0.148. The van der Waals surface area contributed by atoms with Crippen LogP contribution in [0.25, 0.3) is 0 Å². The van der Waals surface area contributed by atoms with Crippen molar-refractivity contribution in [2.45, 2.75) is 64.7 Å². The summed E-state index contributed by atoms with van der Waals surface area (Å²) >= 11 is 1.81. The van der Waals surface area contributed by atoms with Gasteiger partial charge in [0.1, 0.15) is 10.6 Å². The smallest absolute Gasteiger partial charge is 0.125 e. The molecule has 1 N–H and O–H groups in total. The highest BCUT2D eigenvalue weighted by molar-refractivity contribution is 7.11. The number of nitrogens with one attached hydrogen (secondary N) is 1. The van der Waals surface area contributed by atoms with E-state index in [1.54, 1.807) is 18.4 Å². The summed E-state index contributed by atoms with van der Waals surface area (Å²) in [4.78, 5) is 6.19.